The van der Waals surface area contributed by atoms with Crippen LogP contribution in [0.15, 0.2) is 35.5 Å². The summed E-state index contributed by atoms with van der Waals surface area (Å²) in [5.41, 5.74) is 6.06. The molecule has 1 aromatic carbocycles. The number of hydrogen-bond acceptors (Lipinski definition) is 5. The molecule has 2 aliphatic rings. The minimum atomic E-state index is 0.882. The number of benzene rings is 1. The molecule has 3 rings (SSSR count). The molecule has 2 aliphatic heterocycles. The predicted molar refractivity (Wildman–Crippen MR) is 58.2 cm³/mol. The van der Waals surface area contributed by atoms with Crippen LogP contribution in [0.4, 0.5) is 5.69 Å². The molecule has 3 N–H and O–H groups in total. The van der Waals surface area contributed by atoms with Gasteiger partial charge in [0.1, 0.15) is 5.84 Å². The third-order valence-corrected chi connectivity index (χ3v) is 2.50. The number of rotatable bonds is 0. The second-order valence-corrected chi connectivity index (χ2v) is 3.53. The molecule has 5 nitrogen and oxygen atoms in total. The maximum absolute atomic E-state index is 5.66. The van der Waals surface area contributed by atoms with Gasteiger partial charge >= 0.3 is 0 Å². The van der Waals surface area contributed by atoms with Crippen molar-refractivity contribution in [1.82, 2.24) is 15.7 Å². The Labute approximate surface area is 87.4 Å². The lowest BCUT2D eigenvalue weighted by Crippen LogP contribution is -2.46. The Kier molecular flexibility index (Phi) is 1.59. The molecule has 76 valence electrons. The molecule has 0 aromatic heterocycles. The summed E-state index contributed by atoms with van der Waals surface area (Å²) >= 11 is 0. The molecular weight excluding hydrogens is 190 g/mol. The van der Waals surface area contributed by atoms with E-state index < -0.39 is 0 Å². The average molecular weight is 201 g/mol. The quantitative estimate of drug-likeness (QED) is 0.614. The molecule has 0 amide bonds. The lowest BCUT2D eigenvalue weighted by Gasteiger charge is -2.26. The maximum atomic E-state index is 5.66. The summed E-state index contributed by atoms with van der Waals surface area (Å²) in [5.74, 6) is 6.55. The van der Waals surface area contributed by atoms with Crippen molar-refractivity contribution in [2.75, 3.05) is 0 Å². The number of amidine groups is 1. The first-order valence-corrected chi connectivity index (χ1v) is 4.72. The zero-order valence-electron chi connectivity index (χ0n) is 8.31. The number of aliphatic imine (C=N–C) groups is 1. The van der Waals surface area contributed by atoms with E-state index in [4.69, 9.17) is 5.84 Å². The second kappa shape index (κ2) is 2.82. The lowest BCUT2D eigenvalue weighted by molar-refractivity contribution is 0.202. The largest absolute Gasteiger partial charge is 0.242 e. The Morgan fingerprint density at radius 1 is 1.33 bits per heavy atom. The van der Waals surface area contributed by atoms with Crippen LogP contribution in [0.3, 0.4) is 0 Å². The first-order valence-electron chi connectivity index (χ1n) is 4.72. The van der Waals surface area contributed by atoms with Crippen molar-refractivity contribution >= 4 is 17.2 Å². The van der Waals surface area contributed by atoms with Gasteiger partial charge in [-0.15, -0.1) is 5.53 Å². The summed E-state index contributed by atoms with van der Waals surface area (Å²) in [7, 11) is 0. The van der Waals surface area contributed by atoms with Gasteiger partial charge in [-0.25, -0.2) is 21.0 Å². The number of nitrogens with one attached hydrogen (secondary N) is 1. The van der Waals surface area contributed by atoms with Crippen LogP contribution in [0.25, 0.3) is 5.70 Å². The fourth-order valence-corrected chi connectivity index (χ4v) is 1.84. The van der Waals surface area contributed by atoms with Crippen molar-refractivity contribution in [3.63, 3.8) is 0 Å². The second-order valence-electron chi connectivity index (χ2n) is 3.53. The molecule has 1 aromatic rings. The van der Waals surface area contributed by atoms with Crippen LogP contribution in [0, 0.1) is 0 Å². The molecule has 2 heterocycles. The molecule has 0 bridgehead atoms. The van der Waals surface area contributed by atoms with E-state index in [9.17, 15) is 0 Å². The van der Waals surface area contributed by atoms with Crippen LogP contribution < -0.4 is 11.4 Å². The van der Waals surface area contributed by atoms with Crippen molar-refractivity contribution in [3.05, 3.63) is 36.0 Å². The zero-order valence-corrected chi connectivity index (χ0v) is 8.31. The third-order valence-electron chi connectivity index (χ3n) is 2.50. The number of nitrogens with zero attached hydrogens (tertiary/aromatic N) is 3. The summed E-state index contributed by atoms with van der Waals surface area (Å²) in [4.78, 5) is 4.48. The number of hydrogen-bond donors (Lipinski definition) is 2. The van der Waals surface area contributed by atoms with E-state index in [1.165, 1.54) is 5.12 Å². The van der Waals surface area contributed by atoms with Gasteiger partial charge in [0, 0.05) is 5.56 Å². The van der Waals surface area contributed by atoms with E-state index in [1.807, 2.05) is 42.4 Å². The van der Waals surface area contributed by atoms with Gasteiger partial charge in [0.2, 0.25) is 0 Å². The van der Waals surface area contributed by atoms with Gasteiger partial charge in [0.05, 0.1) is 17.6 Å². The number of fused-ring (bicyclic) bond motifs is 3. The minimum Gasteiger partial charge on any atom is -0.242 e. The fraction of sp³-hybridized carbons (Fsp3) is 0.100. The molecule has 5 heteroatoms. The normalized spacial score (nSPS) is 18.3. The Hall–Kier alpha value is -1.85. The fourth-order valence-electron chi connectivity index (χ4n) is 1.84. The Bertz CT molecular complexity index is 476. The monoisotopic (exact) mass is 201 g/mol. The summed E-state index contributed by atoms with van der Waals surface area (Å²) in [6.45, 7) is 1.94. The molecule has 0 fully saturated rings. The highest BCUT2D eigenvalue weighted by Gasteiger charge is 2.27. The predicted octanol–water partition coefficient (Wildman–Crippen LogP) is 0.959. The molecule has 0 spiro atoms. The molecule has 0 radical (unpaired) electrons. The standard InChI is InChI=1S/C10H11N5/c1-7-12-9-5-3-2-4-8(9)10-6-14(11)13-15(7)10/h2-6,13H,11H2,1H3. The smallest absolute Gasteiger partial charge is 0.123 e. The molecule has 0 saturated heterocycles. The zero-order chi connectivity index (χ0) is 10.4. The van der Waals surface area contributed by atoms with Crippen LogP contribution in [-0.2, 0) is 0 Å². The van der Waals surface area contributed by atoms with E-state index in [2.05, 4.69) is 10.5 Å². The molecule has 0 atom stereocenters. The molecule has 0 saturated carbocycles. The van der Waals surface area contributed by atoms with E-state index in [0.717, 1.165) is 22.8 Å². The van der Waals surface area contributed by atoms with Gasteiger partial charge in [0.15, 0.2) is 0 Å². The van der Waals surface area contributed by atoms with Gasteiger partial charge in [-0.1, -0.05) is 18.2 Å². The highest BCUT2D eigenvalue weighted by Crippen LogP contribution is 2.34. The van der Waals surface area contributed by atoms with Gasteiger partial charge in [-0.3, -0.25) is 0 Å². The first-order chi connectivity index (χ1) is 7.25. The average Bonchev–Trinajstić information content (AvgIpc) is 2.61. The first kappa shape index (κ1) is 8.46. The molecule has 15 heavy (non-hydrogen) atoms. The van der Waals surface area contributed by atoms with Gasteiger partial charge in [-0.05, 0) is 13.0 Å². The summed E-state index contributed by atoms with van der Waals surface area (Å²) < 4.78 is 0. The number of nitrogens with two attached hydrogens (primary N) is 1. The van der Waals surface area contributed by atoms with Crippen molar-refractivity contribution in [2.24, 2.45) is 10.8 Å². The summed E-state index contributed by atoms with van der Waals surface area (Å²) in [6.07, 6.45) is 1.84. The van der Waals surface area contributed by atoms with Gasteiger partial charge in [-0.2, -0.15) is 0 Å². The Morgan fingerprint density at radius 2 is 2.13 bits per heavy atom. The highest BCUT2D eigenvalue weighted by molar-refractivity contribution is 5.96. The van der Waals surface area contributed by atoms with Crippen molar-refractivity contribution < 1.29 is 0 Å². The lowest BCUT2D eigenvalue weighted by atomic mass is 10.1. The van der Waals surface area contributed by atoms with E-state index in [0.29, 0.717) is 0 Å². The molecule has 0 aliphatic carbocycles. The van der Waals surface area contributed by atoms with Crippen LogP contribution >= 0.6 is 0 Å². The molecular formula is C10H11N5. The van der Waals surface area contributed by atoms with Crippen molar-refractivity contribution in [3.8, 4) is 0 Å². The number of hydrazine groups is 3. The van der Waals surface area contributed by atoms with Crippen molar-refractivity contribution in [2.45, 2.75) is 6.92 Å². The summed E-state index contributed by atoms with van der Waals surface area (Å²) in [6, 6.07) is 8.00. The minimum absolute atomic E-state index is 0.882. The SMILES string of the molecule is CC1=Nc2ccccc2C2=CN(N)NN21. The van der Waals surface area contributed by atoms with E-state index in [1.54, 1.807) is 0 Å². The van der Waals surface area contributed by atoms with Crippen LogP contribution in [-0.4, -0.2) is 16.0 Å². The van der Waals surface area contributed by atoms with E-state index in [-0.39, 0.29) is 0 Å². The van der Waals surface area contributed by atoms with E-state index >= 15 is 0 Å². The summed E-state index contributed by atoms with van der Waals surface area (Å²) in [5, 5.41) is 3.29. The highest BCUT2D eigenvalue weighted by atomic mass is 15.9. The van der Waals surface area contributed by atoms with Crippen LogP contribution in [0.1, 0.15) is 12.5 Å². The maximum Gasteiger partial charge on any atom is 0.123 e. The number of para-hydroxylation sites is 1. The van der Waals surface area contributed by atoms with Gasteiger partial charge in [0.25, 0.3) is 0 Å². The topological polar surface area (TPSA) is 56.9 Å². The van der Waals surface area contributed by atoms with Crippen molar-refractivity contribution in [1.29, 1.82) is 0 Å². The Balaban J connectivity index is 2.22. The van der Waals surface area contributed by atoms with Crippen LogP contribution in [0.2, 0.25) is 0 Å². The van der Waals surface area contributed by atoms with Gasteiger partial charge < -0.3 is 0 Å². The third kappa shape index (κ3) is 1.14. The molecule has 0 unspecified atom stereocenters. The Morgan fingerprint density at radius 3 is 3.00 bits per heavy atom. The van der Waals surface area contributed by atoms with Crippen LogP contribution in [0.5, 0.6) is 0 Å².